The maximum absolute atomic E-state index is 12.8. The molecule has 0 nitrogen and oxygen atoms in total. The highest BCUT2D eigenvalue weighted by Crippen LogP contribution is 2.31. The van der Waals surface area contributed by atoms with Crippen LogP contribution in [0.1, 0.15) is 13.3 Å². The quantitative estimate of drug-likeness (QED) is 0.512. The first kappa shape index (κ1) is 7.53. The molecule has 2 aliphatic carbocycles. The van der Waals surface area contributed by atoms with Crippen LogP contribution in [0.15, 0.2) is 47.4 Å². The van der Waals surface area contributed by atoms with Gasteiger partial charge in [0.2, 0.25) is 0 Å². The minimum absolute atomic E-state index is 0.0126. The third-order valence-corrected chi connectivity index (χ3v) is 2.29. The molecule has 0 aromatic heterocycles. The first-order chi connectivity index (χ1) is 5.75. The summed E-state index contributed by atoms with van der Waals surface area (Å²) >= 11 is 0. The molecule has 0 amide bonds. The van der Waals surface area contributed by atoms with Gasteiger partial charge in [0.25, 0.3) is 0 Å². The number of hydrogen-bond donors (Lipinski definition) is 0. The van der Waals surface area contributed by atoms with Gasteiger partial charge in [-0.2, -0.15) is 0 Å². The Kier molecular flexibility index (Phi) is 1.72. The van der Waals surface area contributed by atoms with Crippen LogP contribution in [0, 0.1) is 5.92 Å². The van der Waals surface area contributed by atoms with E-state index < -0.39 is 0 Å². The molecule has 0 fully saturated rings. The molecule has 1 atom stereocenters. The summed E-state index contributed by atoms with van der Waals surface area (Å²) in [7, 11) is 0. The van der Waals surface area contributed by atoms with E-state index in [9.17, 15) is 4.39 Å². The molecule has 0 aromatic rings. The van der Waals surface area contributed by atoms with Gasteiger partial charge in [-0.05, 0) is 18.6 Å². The monoisotopic (exact) mass is 162 g/mol. The molecule has 2 aliphatic rings. The van der Waals surface area contributed by atoms with Crippen molar-refractivity contribution in [3.63, 3.8) is 0 Å². The topological polar surface area (TPSA) is 0 Å². The Balaban J connectivity index is 2.35. The number of rotatable bonds is 0. The second-order valence-corrected chi connectivity index (χ2v) is 3.34. The summed E-state index contributed by atoms with van der Waals surface area (Å²) in [6.45, 7) is 2.06. The average molecular weight is 162 g/mol. The van der Waals surface area contributed by atoms with E-state index in [2.05, 4.69) is 25.2 Å². The minimum atomic E-state index is -0.0126. The van der Waals surface area contributed by atoms with Crippen LogP contribution in [-0.2, 0) is 0 Å². The molecule has 62 valence electrons. The fraction of sp³-hybridized carbons (Fsp3) is 0.273. The first-order valence-electron chi connectivity index (χ1n) is 4.18. The number of hydrogen-bond acceptors (Lipinski definition) is 0. The summed E-state index contributed by atoms with van der Waals surface area (Å²) in [6, 6.07) is 0. The fourth-order valence-electron chi connectivity index (χ4n) is 1.62. The van der Waals surface area contributed by atoms with Gasteiger partial charge in [-0.3, -0.25) is 0 Å². The van der Waals surface area contributed by atoms with E-state index in [-0.39, 0.29) is 11.7 Å². The van der Waals surface area contributed by atoms with E-state index in [0.29, 0.717) is 6.42 Å². The molecular formula is C11H11F. The highest BCUT2D eigenvalue weighted by Gasteiger charge is 2.17. The van der Waals surface area contributed by atoms with E-state index in [0.717, 1.165) is 0 Å². The lowest BCUT2D eigenvalue weighted by atomic mass is 9.86. The molecule has 0 saturated carbocycles. The van der Waals surface area contributed by atoms with Crippen LogP contribution in [0.5, 0.6) is 0 Å². The van der Waals surface area contributed by atoms with Gasteiger partial charge in [-0.25, -0.2) is 4.39 Å². The third kappa shape index (κ3) is 1.27. The van der Waals surface area contributed by atoms with Crippen LogP contribution in [0.4, 0.5) is 4.39 Å². The zero-order chi connectivity index (χ0) is 8.55. The van der Waals surface area contributed by atoms with Crippen molar-refractivity contribution in [3.8, 4) is 0 Å². The normalized spacial score (nSPS) is 27.2. The van der Waals surface area contributed by atoms with Gasteiger partial charge < -0.3 is 0 Å². The Morgan fingerprint density at radius 3 is 3.08 bits per heavy atom. The summed E-state index contributed by atoms with van der Waals surface area (Å²) in [5, 5.41) is 0. The van der Waals surface area contributed by atoms with Gasteiger partial charge in [-0.1, -0.05) is 29.9 Å². The number of allylic oxidation sites excluding steroid dienone is 8. The Morgan fingerprint density at radius 1 is 1.42 bits per heavy atom. The van der Waals surface area contributed by atoms with Crippen molar-refractivity contribution in [1.29, 1.82) is 0 Å². The molecule has 0 radical (unpaired) electrons. The predicted octanol–water partition coefficient (Wildman–Crippen LogP) is 3.30. The summed E-state index contributed by atoms with van der Waals surface area (Å²) in [6.07, 6.45) is 10.2. The van der Waals surface area contributed by atoms with E-state index in [1.807, 2.05) is 6.08 Å². The highest BCUT2D eigenvalue weighted by atomic mass is 19.1. The van der Waals surface area contributed by atoms with Gasteiger partial charge in [0.1, 0.15) is 5.83 Å². The Hall–Kier alpha value is -1.11. The van der Waals surface area contributed by atoms with Crippen molar-refractivity contribution in [2.24, 2.45) is 5.92 Å². The molecule has 2 rings (SSSR count). The van der Waals surface area contributed by atoms with Crippen molar-refractivity contribution >= 4 is 0 Å². The van der Waals surface area contributed by atoms with Crippen LogP contribution in [-0.4, -0.2) is 0 Å². The maximum Gasteiger partial charge on any atom is 0.101 e. The molecule has 1 unspecified atom stereocenters. The lowest BCUT2D eigenvalue weighted by molar-refractivity contribution is 0.546. The summed E-state index contributed by atoms with van der Waals surface area (Å²) in [5.41, 5.74) is 2.48. The molecule has 0 bridgehead atoms. The molecule has 0 saturated heterocycles. The van der Waals surface area contributed by atoms with E-state index in [1.54, 1.807) is 6.08 Å². The van der Waals surface area contributed by atoms with Gasteiger partial charge in [0, 0.05) is 12.3 Å². The van der Waals surface area contributed by atoms with Gasteiger partial charge in [0.05, 0.1) is 0 Å². The lowest BCUT2D eigenvalue weighted by Gasteiger charge is -2.20. The largest absolute Gasteiger partial charge is 0.212 e. The van der Waals surface area contributed by atoms with E-state index >= 15 is 0 Å². The van der Waals surface area contributed by atoms with Gasteiger partial charge in [-0.15, -0.1) is 0 Å². The average Bonchev–Trinajstić information content (AvgIpc) is 2.05. The van der Waals surface area contributed by atoms with Crippen LogP contribution in [0.3, 0.4) is 0 Å². The summed E-state index contributed by atoms with van der Waals surface area (Å²) in [4.78, 5) is 0. The minimum Gasteiger partial charge on any atom is -0.212 e. The molecule has 0 aliphatic heterocycles. The fourth-order valence-corrected chi connectivity index (χ4v) is 1.62. The standard InChI is InChI=1S/C11H11F/c1-8-2-3-10-7-11(12)5-4-9(10)6-8/h2-6,10H,7H2,1H3. The van der Waals surface area contributed by atoms with Crippen LogP contribution in [0.2, 0.25) is 0 Å². The first-order valence-corrected chi connectivity index (χ1v) is 4.18. The highest BCUT2D eigenvalue weighted by molar-refractivity contribution is 5.42. The van der Waals surface area contributed by atoms with Crippen molar-refractivity contribution in [1.82, 2.24) is 0 Å². The summed E-state index contributed by atoms with van der Waals surface area (Å²) in [5.74, 6) is 0.264. The zero-order valence-electron chi connectivity index (χ0n) is 7.05. The molecule has 0 N–H and O–H groups in total. The van der Waals surface area contributed by atoms with Crippen molar-refractivity contribution < 1.29 is 4.39 Å². The SMILES string of the molecule is CC1=CC2=CC=C(F)CC2C=C1. The molecule has 0 spiro atoms. The maximum atomic E-state index is 12.8. The third-order valence-electron chi connectivity index (χ3n) is 2.29. The Bertz CT molecular complexity index is 316. The van der Waals surface area contributed by atoms with Crippen LogP contribution < -0.4 is 0 Å². The molecule has 1 heteroatoms. The second-order valence-electron chi connectivity index (χ2n) is 3.34. The Labute approximate surface area is 71.8 Å². The lowest BCUT2D eigenvalue weighted by Crippen LogP contribution is -2.06. The van der Waals surface area contributed by atoms with Crippen LogP contribution >= 0.6 is 0 Å². The summed E-state index contributed by atoms with van der Waals surface area (Å²) < 4.78 is 12.8. The smallest absolute Gasteiger partial charge is 0.101 e. The van der Waals surface area contributed by atoms with Crippen molar-refractivity contribution in [3.05, 3.63) is 47.4 Å². The number of halogens is 1. The van der Waals surface area contributed by atoms with E-state index in [4.69, 9.17) is 0 Å². The Morgan fingerprint density at radius 2 is 2.25 bits per heavy atom. The van der Waals surface area contributed by atoms with Gasteiger partial charge >= 0.3 is 0 Å². The molecule has 0 heterocycles. The molecule has 12 heavy (non-hydrogen) atoms. The van der Waals surface area contributed by atoms with Gasteiger partial charge in [0.15, 0.2) is 0 Å². The van der Waals surface area contributed by atoms with Crippen LogP contribution in [0.25, 0.3) is 0 Å². The van der Waals surface area contributed by atoms with Crippen molar-refractivity contribution in [2.45, 2.75) is 13.3 Å². The van der Waals surface area contributed by atoms with E-state index in [1.165, 1.54) is 11.1 Å². The number of fused-ring (bicyclic) bond motifs is 1. The zero-order valence-corrected chi connectivity index (χ0v) is 7.05. The molecular weight excluding hydrogens is 151 g/mol. The second kappa shape index (κ2) is 2.74. The predicted molar refractivity (Wildman–Crippen MR) is 48.3 cm³/mol. The van der Waals surface area contributed by atoms with Crippen molar-refractivity contribution in [2.75, 3.05) is 0 Å². The molecule has 0 aromatic carbocycles.